The van der Waals surface area contributed by atoms with Crippen molar-refractivity contribution in [2.75, 3.05) is 25.6 Å². The topological polar surface area (TPSA) is 80.5 Å². The fourth-order valence-electron chi connectivity index (χ4n) is 3.06. The Morgan fingerprint density at radius 3 is 2.74 bits per heavy atom. The van der Waals surface area contributed by atoms with Crippen LogP contribution in [-0.4, -0.2) is 52.8 Å². The maximum atomic E-state index is 12.9. The Morgan fingerprint density at radius 2 is 2.11 bits per heavy atom. The number of hydrogen-bond donors (Lipinski definition) is 1. The van der Waals surface area contributed by atoms with Gasteiger partial charge in [0.2, 0.25) is 11.8 Å². The molecule has 27 heavy (non-hydrogen) atoms. The Labute approximate surface area is 163 Å². The Bertz CT molecular complexity index is 821. The number of anilines is 1. The van der Waals surface area contributed by atoms with Crippen molar-refractivity contribution >= 4 is 28.7 Å². The zero-order valence-electron chi connectivity index (χ0n) is 16.2. The number of likely N-dealkylation sites (N-methyl/N-ethyl adjacent to an activating group) is 1. The van der Waals surface area contributed by atoms with Gasteiger partial charge in [-0.3, -0.25) is 15.0 Å². The van der Waals surface area contributed by atoms with Crippen LogP contribution in [0.2, 0.25) is 0 Å². The first-order valence-electron chi connectivity index (χ1n) is 9.00. The van der Waals surface area contributed by atoms with Gasteiger partial charge in [-0.25, -0.2) is 4.98 Å². The molecule has 146 valence electrons. The smallest absolute Gasteiger partial charge is 0.246 e. The SMILES string of the molecule is C=C(c1cc(NC(=O)C(C)(C)N(C)C2CCOCC2)on1)c1cnc(C)s1. The van der Waals surface area contributed by atoms with E-state index in [9.17, 15) is 4.79 Å². The summed E-state index contributed by atoms with van der Waals surface area (Å²) >= 11 is 1.54. The quantitative estimate of drug-likeness (QED) is 0.815. The first kappa shape index (κ1) is 19.7. The van der Waals surface area contributed by atoms with Gasteiger partial charge in [0.25, 0.3) is 0 Å². The van der Waals surface area contributed by atoms with Crippen LogP contribution in [0.4, 0.5) is 5.88 Å². The highest BCUT2D eigenvalue weighted by Crippen LogP contribution is 2.28. The van der Waals surface area contributed by atoms with E-state index in [-0.39, 0.29) is 5.91 Å². The molecule has 1 saturated heterocycles. The van der Waals surface area contributed by atoms with E-state index in [2.05, 4.69) is 26.9 Å². The molecule has 7 nitrogen and oxygen atoms in total. The van der Waals surface area contributed by atoms with Crippen LogP contribution in [-0.2, 0) is 9.53 Å². The zero-order chi connectivity index (χ0) is 19.6. The number of rotatable bonds is 6. The molecule has 0 saturated carbocycles. The maximum absolute atomic E-state index is 12.9. The highest BCUT2D eigenvalue weighted by Gasteiger charge is 2.37. The molecule has 1 N–H and O–H groups in total. The molecule has 2 aromatic heterocycles. The lowest BCUT2D eigenvalue weighted by molar-refractivity contribution is -0.128. The molecule has 0 atom stereocenters. The van der Waals surface area contributed by atoms with E-state index in [1.165, 1.54) is 0 Å². The second-order valence-corrected chi connectivity index (χ2v) is 8.50. The second-order valence-electron chi connectivity index (χ2n) is 7.27. The van der Waals surface area contributed by atoms with Crippen molar-refractivity contribution in [2.24, 2.45) is 0 Å². The van der Waals surface area contributed by atoms with E-state index in [0.29, 0.717) is 17.6 Å². The molecule has 0 spiro atoms. The molecule has 3 rings (SSSR count). The molecule has 0 aromatic carbocycles. The van der Waals surface area contributed by atoms with Gasteiger partial charge in [-0.05, 0) is 40.7 Å². The highest BCUT2D eigenvalue weighted by atomic mass is 32.1. The number of nitrogens with zero attached hydrogens (tertiary/aromatic N) is 3. The number of aromatic nitrogens is 2. The van der Waals surface area contributed by atoms with Crippen LogP contribution in [0.5, 0.6) is 0 Å². The van der Waals surface area contributed by atoms with E-state index in [0.717, 1.165) is 41.5 Å². The van der Waals surface area contributed by atoms with Crippen LogP contribution in [0.3, 0.4) is 0 Å². The summed E-state index contributed by atoms with van der Waals surface area (Å²) in [4.78, 5) is 20.1. The summed E-state index contributed by atoms with van der Waals surface area (Å²) in [5.41, 5.74) is 0.619. The molecular weight excluding hydrogens is 364 g/mol. The summed E-state index contributed by atoms with van der Waals surface area (Å²) in [5, 5.41) is 7.83. The van der Waals surface area contributed by atoms with Crippen molar-refractivity contribution in [3.05, 3.63) is 34.4 Å². The van der Waals surface area contributed by atoms with E-state index in [1.807, 2.05) is 27.8 Å². The number of hydrogen-bond acceptors (Lipinski definition) is 7. The van der Waals surface area contributed by atoms with E-state index >= 15 is 0 Å². The minimum atomic E-state index is -0.694. The van der Waals surface area contributed by atoms with Crippen LogP contribution in [0, 0.1) is 6.92 Å². The van der Waals surface area contributed by atoms with Crippen molar-refractivity contribution in [2.45, 2.75) is 45.2 Å². The average molecular weight is 391 g/mol. The van der Waals surface area contributed by atoms with E-state index in [4.69, 9.17) is 9.26 Å². The van der Waals surface area contributed by atoms with Gasteiger partial charge in [-0.15, -0.1) is 11.3 Å². The van der Waals surface area contributed by atoms with Crippen LogP contribution >= 0.6 is 11.3 Å². The standard InChI is InChI=1S/C19H26N4O3S/c1-12(16-11-20-13(2)27-16)15-10-17(26-22-15)21-18(24)19(3,4)23(5)14-6-8-25-9-7-14/h10-11,14H,1,6-9H2,2-5H3,(H,21,24). The predicted octanol–water partition coefficient (Wildman–Crippen LogP) is 3.33. The molecule has 0 radical (unpaired) electrons. The van der Waals surface area contributed by atoms with Gasteiger partial charge in [0, 0.05) is 37.1 Å². The third-order valence-corrected chi connectivity index (χ3v) is 6.12. The molecule has 1 aliphatic heterocycles. The van der Waals surface area contributed by atoms with Gasteiger partial charge < -0.3 is 9.26 Å². The molecule has 1 amide bonds. The minimum absolute atomic E-state index is 0.140. The molecule has 2 aromatic rings. The normalized spacial score (nSPS) is 15.9. The molecule has 0 unspecified atom stereocenters. The van der Waals surface area contributed by atoms with Gasteiger partial charge in [-0.2, -0.15) is 0 Å². The van der Waals surface area contributed by atoms with E-state index in [1.54, 1.807) is 23.6 Å². The van der Waals surface area contributed by atoms with Crippen LogP contribution < -0.4 is 5.32 Å². The summed E-state index contributed by atoms with van der Waals surface area (Å²) in [6.07, 6.45) is 3.61. The Morgan fingerprint density at radius 1 is 1.41 bits per heavy atom. The number of nitrogens with one attached hydrogen (secondary N) is 1. The fourth-order valence-corrected chi connectivity index (χ4v) is 3.81. The second kappa shape index (κ2) is 7.92. The number of thiazole rings is 1. The fraction of sp³-hybridized carbons (Fsp3) is 0.526. The number of carbonyl (C=O) groups is 1. The third-order valence-electron chi connectivity index (χ3n) is 5.15. The number of carbonyl (C=O) groups excluding carboxylic acids is 1. The molecule has 1 fully saturated rings. The van der Waals surface area contributed by atoms with Crippen molar-refractivity contribution < 1.29 is 14.1 Å². The average Bonchev–Trinajstić information content (AvgIpc) is 3.30. The first-order valence-corrected chi connectivity index (χ1v) is 9.81. The van der Waals surface area contributed by atoms with Gasteiger partial charge in [0.1, 0.15) is 5.69 Å². The van der Waals surface area contributed by atoms with Crippen molar-refractivity contribution in [1.82, 2.24) is 15.0 Å². The van der Waals surface area contributed by atoms with Gasteiger partial charge in [-0.1, -0.05) is 11.7 Å². The summed E-state index contributed by atoms with van der Waals surface area (Å²) < 4.78 is 10.7. The number of amides is 1. The van der Waals surface area contributed by atoms with Crippen LogP contribution in [0.25, 0.3) is 5.57 Å². The molecule has 1 aliphatic rings. The van der Waals surface area contributed by atoms with Crippen LogP contribution in [0.15, 0.2) is 23.4 Å². The van der Waals surface area contributed by atoms with Gasteiger partial charge in [0.05, 0.1) is 15.4 Å². The lowest BCUT2D eigenvalue weighted by atomic mass is 9.96. The molecule has 0 bridgehead atoms. The van der Waals surface area contributed by atoms with Gasteiger partial charge in [0.15, 0.2) is 0 Å². The molecule has 3 heterocycles. The van der Waals surface area contributed by atoms with Crippen LogP contribution in [0.1, 0.15) is 42.3 Å². The third kappa shape index (κ3) is 4.28. The van der Waals surface area contributed by atoms with E-state index < -0.39 is 5.54 Å². The minimum Gasteiger partial charge on any atom is -0.381 e. The first-order chi connectivity index (χ1) is 12.8. The Balaban J connectivity index is 1.66. The lowest BCUT2D eigenvalue weighted by Crippen LogP contribution is -2.55. The summed E-state index contributed by atoms with van der Waals surface area (Å²) in [5.74, 6) is 0.171. The van der Waals surface area contributed by atoms with Crippen molar-refractivity contribution in [3.63, 3.8) is 0 Å². The largest absolute Gasteiger partial charge is 0.381 e. The number of aryl methyl sites for hydroxylation is 1. The maximum Gasteiger partial charge on any atom is 0.246 e. The number of ether oxygens (including phenoxy) is 1. The molecule has 8 heteroatoms. The highest BCUT2D eigenvalue weighted by molar-refractivity contribution is 7.12. The Hall–Kier alpha value is -2.03. The summed E-state index contributed by atoms with van der Waals surface area (Å²) in [6, 6.07) is 2.01. The van der Waals surface area contributed by atoms with Crippen molar-refractivity contribution in [3.8, 4) is 0 Å². The zero-order valence-corrected chi connectivity index (χ0v) is 17.1. The molecule has 0 aliphatic carbocycles. The van der Waals surface area contributed by atoms with Crippen molar-refractivity contribution in [1.29, 1.82) is 0 Å². The lowest BCUT2D eigenvalue weighted by Gasteiger charge is -2.41. The predicted molar refractivity (Wildman–Crippen MR) is 106 cm³/mol. The summed E-state index contributed by atoms with van der Waals surface area (Å²) in [7, 11) is 1.98. The molecular formula is C19H26N4O3S. The Kier molecular flexibility index (Phi) is 5.78. The summed E-state index contributed by atoms with van der Waals surface area (Å²) in [6.45, 7) is 11.3. The monoisotopic (exact) mass is 390 g/mol. The van der Waals surface area contributed by atoms with Gasteiger partial charge >= 0.3 is 0 Å².